The molecule has 0 N–H and O–H groups in total. The highest BCUT2D eigenvalue weighted by molar-refractivity contribution is 5.77. The van der Waals surface area contributed by atoms with Crippen molar-refractivity contribution in [2.45, 2.75) is 19.4 Å². The molecule has 1 aliphatic heterocycles. The molecule has 2 rings (SSSR count). The molecule has 0 unspecified atom stereocenters. The van der Waals surface area contributed by atoms with E-state index < -0.39 is 0 Å². The number of carbonyl (C=O) groups excluding carboxylic acids is 1. The fraction of sp³-hybridized carbons (Fsp3) is 0.600. The van der Waals surface area contributed by atoms with Gasteiger partial charge in [0, 0.05) is 18.9 Å². The fourth-order valence-electron chi connectivity index (χ4n) is 1.72. The van der Waals surface area contributed by atoms with Gasteiger partial charge in [-0.2, -0.15) is 0 Å². The van der Waals surface area contributed by atoms with Crippen LogP contribution in [0, 0.1) is 0 Å². The second-order valence-corrected chi connectivity index (χ2v) is 4.27. The molecule has 0 bridgehead atoms. The minimum absolute atomic E-state index is 0.0409. The summed E-state index contributed by atoms with van der Waals surface area (Å²) < 4.78 is 6.86. The van der Waals surface area contributed by atoms with Crippen molar-refractivity contribution < 1.29 is 9.53 Å². The summed E-state index contributed by atoms with van der Waals surface area (Å²) >= 11 is 0. The Bertz CT molecular complexity index is 346. The van der Waals surface area contributed by atoms with Gasteiger partial charge < -0.3 is 9.64 Å². The predicted molar refractivity (Wildman–Crippen MR) is 54.6 cm³/mol. The second-order valence-electron chi connectivity index (χ2n) is 4.27. The highest BCUT2D eigenvalue weighted by Gasteiger charge is 2.34. The monoisotopic (exact) mass is 209 g/mol. The minimum Gasteiger partial charge on any atom is -0.377 e. The van der Waals surface area contributed by atoms with E-state index in [-0.39, 0.29) is 11.6 Å². The summed E-state index contributed by atoms with van der Waals surface area (Å²) in [6.07, 6.45) is 4.78. The van der Waals surface area contributed by atoms with Crippen LogP contribution in [0.3, 0.4) is 0 Å². The highest BCUT2D eigenvalue weighted by Crippen LogP contribution is 2.19. The fourth-order valence-corrected chi connectivity index (χ4v) is 1.72. The molecule has 0 radical (unpaired) electrons. The molecule has 0 aromatic carbocycles. The van der Waals surface area contributed by atoms with Crippen molar-refractivity contribution in [3.8, 4) is 0 Å². The lowest BCUT2D eigenvalue weighted by Crippen LogP contribution is -2.56. The number of nitrogens with zero attached hydrogens (tertiary/aromatic N) is 3. The molecule has 1 amide bonds. The molecule has 15 heavy (non-hydrogen) atoms. The van der Waals surface area contributed by atoms with Crippen LogP contribution in [-0.4, -0.2) is 45.8 Å². The molecule has 0 saturated carbocycles. The zero-order valence-electron chi connectivity index (χ0n) is 9.01. The van der Waals surface area contributed by atoms with Crippen molar-refractivity contribution in [2.75, 3.05) is 19.8 Å². The van der Waals surface area contributed by atoms with Gasteiger partial charge in [0.25, 0.3) is 0 Å². The molecule has 1 fully saturated rings. The van der Waals surface area contributed by atoms with E-state index >= 15 is 0 Å². The Morgan fingerprint density at radius 2 is 2.33 bits per heavy atom. The summed E-state index contributed by atoms with van der Waals surface area (Å²) in [4.78, 5) is 17.8. The van der Waals surface area contributed by atoms with E-state index in [0.29, 0.717) is 19.8 Å². The van der Waals surface area contributed by atoms with Gasteiger partial charge in [0.1, 0.15) is 6.33 Å². The van der Waals surface area contributed by atoms with Crippen LogP contribution in [0.2, 0.25) is 0 Å². The first kappa shape index (κ1) is 10.2. The SMILES string of the molecule is CC1(C)COCCN1C(=O)n1ccnc1. The second kappa shape index (κ2) is 3.66. The Kier molecular flexibility index (Phi) is 2.48. The standard InChI is InChI=1S/C10H15N3O2/c1-10(2)7-15-6-5-13(10)9(14)12-4-3-11-8-12/h3-4,8H,5-7H2,1-2H3. The Morgan fingerprint density at radius 1 is 1.53 bits per heavy atom. The average molecular weight is 209 g/mol. The predicted octanol–water partition coefficient (Wildman–Crippen LogP) is 0.962. The van der Waals surface area contributed by atoms with Crippen LogP contribution in [0.4, 0.5) is 4.79 Å². The average Bonchev–Trinajstić information content (AvgIpc) is 2.69. The Balaban J connectivity index is 2.19. The lowest BCUT2D eigenvalue weighted by molar-refractivity contribution is -0.0275. The molecule has 1 aliphatic rings. The molecular weight excluding hydrogens is 194 g/mol. The van der Waals surface area contributed by atoms with Gasteiger partial charge in [0.2, 0.25) is 0 Å². The molecule has 0 atom stereocenters. The molecule has 1 aromatic heterocycles. The van der Waals surface area contributed by atoms with Crippen molar-refractivity contribution in [2.24, 2.45) is 0 Å². The van der Waals surface area contributed by atoms with Crippen LogP contribution in [0.1, 0.15) is 13.8 Å². The van der Waals surface area contributed by atoms with Crippen molar-refractivity contribution in [1.29, 1.82) is 0 Å². The topological polar surface area (TPSA) is 47.4 Å². The normalized spacial score (nSPS) is 20.3. The first-order valence-corrected chi connectivity index (χ1v) is 4.99. The quantitative estimate of drug-likeness (QED) is 0.639. The summed E-state index contributed by atoms with van der Waals surface area (Å²) in [5.41, 5.74) is -0.250. The lowest BCUT2D eigenvalue weighted by atomic mass is 10.0. The molecular formula is C10H15N3O2. The molecule has 0 aliphatic carbocycles. The zero-order valence-corrected chi connectivity index (χ0v) is 9.01. The van der Waals surface area contributed by atoms with E-state index in [1.165, 1.54) is 10.9 Å². The van der Waals surface area contributed by atoms with Crippen molar-refractivity contribution in [3.05, 3.63) is 18.7 Å². The van der Waals surface area contributed by atoms with Crippen LogP contribution in [0.5, 0.6) is 0 Å². The number of imidazole rings is 1. The number of aromatic nitrogens is 2. The Labute approximate surface area is 88.7 Å². The van der Waals surface area contributed by atoms with Gasteiger partial charge in [-0.1, -0.05) is 0 Å². The maximum atomic E-state index is 12.1. The third-order valence-corrected chi connectivity index (χ3v) is 2.60. The molecule has 5 heteroatoms. The van der Waals surface area contributed by atoms with Crippen LogP contribution >= 0.6 is 0 Å². The number of morpholine rings is 1. The van der Waals surface area contributed by atoms with E-state index in [1.807, 2.05) is 18.7 Å². The lowest BCUT2D eigenvalue weighted by Gasteiger charge is -2.41. The number of amides is 1. The number of hydrogen-bond acceptors (Lipinski definition) is 3. The van der Waals surface area contributed by atoms with Gasteiger partial charge >= 0.3 is 6.03 Å². The highest BCUT2D eigenvalue weighted by atomic mass is 16.5. The molecule has 0 spiro atoms. The molecule has 5 nitrogen and oxygen atoms in total. The summed E-state index contributed by atoms with van der Waals surface area (Å²) in [6, 6.07) is -0.0409. The van der Waals surface area contributed by atoms with Crippen molar-refractivity contribution in [3.63, 3.8) is 0 Å². The Hall–Kier alpha value is -1.36. The zero-order chi connectivity index (χ0) is 10.9. The molecule has 1 aromatic rings. The van der Waals surface area contributed by atoms with Crippen LogP contribution in [0.25, 0.3) is 0 Å². The number of hydrogen-bond donors (Lipinski definition) is 0. The molecule has 82 valence electrons. The Morgan fingerprint density at radius 3 is 2.93 bits per heavy atom. The number of ether oxygens (including phenoxy) is 1. The summed E-state index contributed by atoms with van der Waals surface area (Å²) in [6.45, 7) is 5.81. The van der Waals surface area contributed by atoms with E-state index in [9.17, 15) is 4.79 Å². The smallest absolute Gasteiger partial charge is 0.330 e. The van der Waals surface area contributed by atoms with E-state index in [1.54, 1.807) is 12.4 Å². The third-order valence-electron chi connectivity index (χ3n) is 2.60. The maximum absolute atomic E-state index is 12.1. The molecule has 2 heterocycles. The van der Waals surface area contributed by atoms with Gasteiger partial charge in [-0.15, -0.1) is 0 Å². The first-order valence-electron chi connectivity index (χ1n) is 4.99. The minimum atomic E-state index is -0.250. The van der Waals surface area contributed by atoms with Crippen LogP contribution in [0.15, 0.2) is 18.7 Å². The van der Waals surface area contributed by atoms with Crippen LogP contribution < -0.4 is 0 Å². The van der Waals surface area contributed by atoms with Gasteiger partial charge in [0.05, 0.1) is 18.8 Å². The number of rotatable bonds is 0. The largest absolute Gasteiger partial charge is 0.377 e. The van der Waals surface area contributed by atoms with E-state index in [0.717, 1.165) is 0 Å². The third kappa shape index (κ3) is 1.87. The van der Waals surface area contributed by atoms with E-state index in [2.05, 4.69) is 4.98 Å². The maximum Gasteiger partial charge on any atom is 0.330 e. The summed E-state index contributed by atoms with van der Waals surface area (Å²) in [5, 5.41) is 0. The van der Waals surface area contributed by atoms with Gasteiger partial charge in [-0.05, 0) is 13.8 Å². The first-order chi connectivity index (χ1) is 7.11. The summed E-state index contributed by atoms with van der Waals surface area (Å²) in [5.74, 6) is 0. The molecule has 1 saturated heterocycles. The van der Waals surface area contributed by atoms with E-state index in [4.69, 9.17) is 4.74 Å². The van der Waals surface area contributed by atoms with Crippen LogP contribution in [-0.2, 0) is 4.74 Å². The van der Waals surface area contributed by atoms with Crippen molar-refractivity contribution in [1.82, 2.24) is 14.5 Å². The summed E-state index contributed by atoms with van der Waals surface area (Å²) in [7, 11) is 0. The van der Waals surface area contributed by atoms with Gasteiger partial charge in [-0.25, -0.2) is 9.78 Å². The number of carbonyl (C=O) groups is 1. The van der Waals surface area contributed by atoms with Gasteiger partial charge in [-0.3, -0.25) is 4.57 Å². The van der Waals surface area contributed by atoms with Crippen molar-refractivity contribution >= 4 is 6.03 Å². The van der Waals surface area contributed by atoms with Gasteiger partial charge in [0.15, 0.2) is 0 Å².